The van der Waals surface area contributed by atoms with Gasteiger partial charge in [-0.2, -0.15) is 0 Å². The van der Waals surface area contributed by atoms with E-state index in [1.165, 1.54) is 19.1 Å². The standard InChI is InChI=1S/C20H17NO6/c1-12(20(25)21-11-18(22)23)26-14-7-8-15-16(13-5-3-2-4-6-13)10-19(24)27-17(15)9-14/h2-10,12H,11H2,1H3,(H,21,25)(H,22,23)/t12-/m1/s1. The second kappa shape index (κ2) is 7.74. The van der Waals surface area contributed by atoms with Crippen molar-refractivity contribution in [2.24, 2.45) is 0 Å². The molecule has 1 heterocycles. The summed E-state index contributed by atoms with van der Waals surface area (Å²) < 4.78 is 10.8. The Labute approximate surface area is 154 Å². The first kappa shape index (κ1) is 18.2. The summed E-state index contributed by atoms with van der Waals surface area (Å²) in [6.45, 7) is 1.01. The number of ether oxygens (including phenoxy) is 1. The van der Waals surface area contributed by atoms with Crippen molar-refractivity contribution in [3.8, 4) is 16.9 Å². The largest absolute Gasteiger partial charge is 0.481 e. The van der Waals surface area contributed by atoms with Gasteiger partial charge in [0.2, 0.25) is 0 Å². The molecule has 1 aromatic heterocycles. The van der Waals surface area contributed by atoms with Crippen LogP contribution in [0.3, 0.4) is 0 Å². The first-order chi connectivity index (χ1) is 12.9. The van der Waals surface area contributed by atoms with Gasteiger partial charge in [-0.3, -0.25) is 9.59 Å². The number of aliphatic carboxylic acids is 1. The highest BCUT2D eigenvalue weighted by Gasteiger charge is 2.16. The molecule has 7 nitrogen and oxygen atoms in total. The van der Waals surface area contributed by atoms with Gasteiger partial charge in [0.25, 0.3) is 5.91 Å². The summed E-state index contributed by atoms with van der Waals surface area (Å²) in [7, 11) is 0. The summed E-state index contributed by atoms with van der Waals surface area (Å²) in [6, 6.07) is 15.8. The van der Waals surface area contributed by atoms with Gasteiger partial charge in [0.05, 0.1) is 0 Å². The molecule has 0 saturated carbocycles. The molecule has 0 spiro atoms. The molecule has 0 bridgehead atoms. The number of hydrogen-bond donors (Lipinski definition) is 2. The van der Waals surface area contributed by atoms with Gasteiger partial charge in [-0.05, 0) is 30.2 Å². The third-order valence-corrected chi connectivity index (χ3v) is 3.90. The molecule has 2 aromatic carbocycles. The van der Waals surface area contributed by atoms with Crippen LogP contribution in [-0.4, -0.2) is 29.6 Å². The highest BCUT2D eigenvalue weighted by molar-refractivity contribution is 5.93. The van der Waals surface area contributed by atoms with Crippen molar-refractivity contribution in [3.05, 3.63) is 65.0 Å². The zero-order valence-electron chi connectivity index (χ0n) is 14.5. The average Bonchev–Trinajstić information content (AvgIpc) is 2.65. The number of benzene rings is 2. The lowest BCUT2D eigenvalue weighted by atomic mass is 10.0. The quantitative estimate of drug-likeness (QED) is 0.648. The molecule has 2 N–H and O–H groups in total. The number of rotatable bonds is 6. The maximum atomic E-state index is 11.9. The first-order valence-electron chi connectivity index (χ1n) is 8.23. The smallest absolute Gasteiger partial charge is 0.336 e. The van der Waals surface area contributed by atoms with E-state index in [0.717, 1.165) is 16.5 Å². The van der Waals surface area contributed by atoms with E-state index in [1.54, 1.807) is 12.1 Å². The molecule has 0 radical (unpaired) electrons. The van der Waals surface area contributed by atoms with Gasteiger partial charge < -0.3 is 19.6 Å². The molecule has 3 rings (SSSR count). The Bertz CT molecular complexity index is 1040. The maximum absolute atomic E-state index is 11.9. The van der Waals surface area contributed by atoms with Gasteiger partial charge in [0.1, 0.15) is 17.9 Å². The number of carbonyl (C=O) groups excluding carboxylic acids is 1. The summed E-state index contributed by atoms with van der Waals surface area (Å²) >= 11 is 0. The fraction of sp³-hybridized carbons (Fsp3) is 0.150. The molecule has 0 saturated heterocycles. The van der Waals surface area contributed by atoms with E-state index in [4.69, 9.17) is 14.3 Å². The number of nitrogens with one attached hydrogen (secondary N) is 1. The SMILES string of the molecule is C[C@@H](Oc1ccc2c(-c3ccccc3)cc(=O)oc2c1)C(=O)NCC(=O)O. The minimum Gasteiger partial charge on any atom is -0.481 e. The Balaban J connectivity index is 1.89. The molecule has 0 aliphatic heterocycles. The van der Waals surface area contributed by atoms with Crippen molar-refractivity contribution in [2.75, 3.05) is 6.54 Å². The van der Waals surface area contributed by atoms with Gasteiger partial charge in [-0.25, -0.2) is 4.79 Å². The topological polar surface area (TPSA) is 106 Å². The van der Waals surface area contributed by atoms with Crippen molar-refractivity contribution in [2.45, 2.75) is 13.0 Å². The molecule has 7 heteroatoms. The fourth-order valence-corrected chi connectivity index (χ4v) is 2.64. The highest BCUT2D eigenvalue weighted by atomic mass is 16.5. The van der Waals surface area contributed by atoms with Crippen LogP contribution in [0.5, 0.6) is 5.75 Å². The second-order valence-corrected chi connectivity index (χ2v) is 5.87. The van der Waals surface area contributed by atoms with Gasteiger partial charge in [0.15, 0.2) is 6.10 Å². The Kier molecular flexibility index (Phi) is 5.21. The van der Waals surface area contributed by atoms with Crippen LogP contribution in [0.15, 0.2) is 63.8 Å². The zero-order valence-corrected chi connectivity index (χ0v) is 14.5. The third-order valence-electron chi connectivity index (χ3n) is 3.90. The predicted molar refractivity (Wildman–Crippen MR) is 98.7 cm³/mol. The molecule has 1 amide bonds. The summed E-state index contributed by atoms with van der Waals surface area (Å²) in [6.07, 6.45) is -0.911. The summed E-state index contributed by atoms with van der Waals surface area (Å²) in [5.74, 6) is -1.37. The molecule has 1 atom stereocenters. The van der Waals surface area contributed by atoms with Crippen molar-refractivity contribution in [1.82, 2.24) is 5.32 Å². The predicted octanol–water partition coefficient (Wildman–Crippen LogP) is 2.43. The lowest BCUT2D eigenvalue weighted by Crippen LogP contribution is -2.39. The minimum absolute atomic E-state index is 0.328. The van der Waals surface area contributed by atoms with Crippen LogP contribution in [0.2, 0.25) is 0 Å². The van der Waals surface area contributed by atoms with E-state index >= 15 is 0 Å². The van der Waals surface area contributed by atoms with Crippen LogP contribution in [0, 0.1) is 0 Å². The van der Waals surface area contributed by atoms with Gasteiger partial charge in [-0.15, -0.1) is 0 Å². The Hall–Kier alpha value is -3.61. The van der Waals surface area contributed by atoms with Gasteiger partial charge in [-0.1, -0.05) is 30.3 Å². The van der Waals surface area contributed by atoms with Gasteiger partial charge >= 0.3 is 11.6 Å². The summed E-state index contributed by atoms with van der Waals surface area (Å²) in [5.41, 5.74) is 1.45. The van der Waals surface area contributed by atoms with E-state index in [9.17, 15) is 14.4 Å². The molecular formula is C20H17NO6. The van der Waals surface area contributed by atoms with Crippen LogP contribution in [0.25, 0.3) is 22.1 Å². The Morgan fingerprint density at radius 3 is 2.59 bits per heavy atom. The summed E-state index contributed by atoms with van der Waals surface area (Å²) in [4.78, 5) is 34.3. The van der Waals surface area contributed by atoms with Crippen LogP contribution in [0.1, 0.15) is 6.92 Å². The Morgan fingerprint density at radius 2 is 1.89 bits per heavy atom. The van der Waals surface area contributed by atoms with E-state index in [2.05, 4.69) is 5.32 Å². The van der Waals surface area contributed by atoms with E-state index in [1.807, 2.05) is 30.3 Å². The van der Waals surface area contributed by atoms with Crippen LogP contribution >= 0.6 is 0 Å². The lowest BCUT2D eigenvalue weighted by Gasteiger charge is -2.14. The van der Waals surface area contributed by atoms with E-state index in [0.29, 0.717) is 11.3 Å². The highest BCUT2D eigenvalue weighted by Crippen LogP contribution is 2.29. The molecule has 0 aliphatic carbocycles. The maximum Gasteiger partial charge on any atom is 0.336 e. The summed E-state index contributed by atoms with van der Waals surface area (Å²) in [5, 5.41) is 11.6. The molecule has 3 aromatic rings. The number of carboxylic acid groups (broad SMARTS) is 1. The molecule has 0 unspecified atom stereocenters. The first-order valence-corrected chi connectivity index (χ1v) is 8.23. The normalized spacial score (nSPS) is 11.7. The number of fused-ring (bicyclic) bond motifs is 1. The number of amides is 1. The number of hydrogen-bond acceptors (Lipinski definition) is 5. The molecule has 138 valence electrons. The third kappa shape index (κ3) is 4.33. The van der Waals surface area contributed by atoms with Crippen molar-refractivity contribution >= 4 is 22.8 Å². The van der Waals surface area contributed by atoms with Crippen LogP contribution < -0.4 is 15.7 Å². The van der Waals surface area contributed by atoms with Gasteiger partial charge in [0, 0.05) is 17.5 Å². The van der Waals surface area contributed by atoms with Crippen molar-refractivity contribution < 1.29 is 23.8 Å². The zero-order chi connectivity index (χ0) is 19.4. The number of carbonyl (C=O) groups is 2. The number of carboxylic acids is 1. The average molecular weight is 367 g/mol. The monoisotopic (exact) mass is 367 g/mol. The molecule has 0 aliphatic rings. The van der Waals surface area contributed by atoms with Crippen LogP contribution in [-0.2, 0) is 9.59 Å². The van der Waals surface area contributed by atoms with Crippen molar-refractivity contribution in [3.63, 3.8) is 0 Å². The second-order valence-electron chi connectivity index (χ2n) is 5.87. The minimum atomic E-state index is -1.14. The molecule has 0 fully saturated rings. The van der Waals surface area contributed by atoms with E-state index in [-0.39, 0.29) is 0 Å². The van der Waals surface area contributed by atoms with E-state index < -0.39 is 30.2 Å². The lowest BCUT2D eigenvalue weighted by molar-refractivity contribution is -0.139. The Morgan fingerprint density at radius 1 is 1.15 bits per heavy atom. The molecule has 27 heavy (non-hydrogen) atoms. The van der Waals surface area contributed by atoms with Crippen LogP contribution in [0.4, 0.5) is 0 Å². The molecular weight excluding hydrogens is 350 g/mol. The van der Waals surface area contributed by atoms with Crippen molar-refractivity contribution in [1.29, 1.82) is 0 Å². The fourth-order valence-electron chi connectivity index (χ4n) is 2.64.